The Morgan fingerprint density at radius 1 is 1.12 bits per heavy atom. The number of nitrogens with one attached hydrogen (secondary N) is 1. The lowest BCUT2D eigenvalue weighted by Crippen LogP contribution is -2.37. The Bertz CT molecular complexity index is 800. The molecule has 1 N–H and O–H groups in total. The standard InChI is InChI=1S/C18H21N7O/c19-12-15-11-16(1-4-20-15)25-6-3-14(13-25)22-17-2-5-21-18(23-17)24-7-9-26-10-8-24/h1-2,4-5,11,14H,3,6-10,13H2,(H,21,22,23). The van der Waals surface area contributed by atoms with E-state index in [-0.39, 0.29) is 0 Å². The summed E-state index contributed by atoms with van der Waals surface area (Å²) in [6, 6.07) is 8.10. The number of hydrogen-bond donors (Lipinski definition) is 1. The fourth-order valence-electron chi connectivity index (χ4n) is 3.34. The third-order valence-electron chi connectivity index (χ3n) is 4.70. The zero-order chi connectivity index (χ0) is 17.8. The van der Waals surface area contributed by atoms with Gasteiger partial charge in [-0.3, -0.25) is 0 Å². The Balaban J connectivity index is 1.40. The van der Waals surface area contributed by atoms with Crippen molar-refractivity contribution in [3.63, 3.8) is 0 Å². The molecular weight excluding hydrogens is 330 g/mol. The first-order chi connectivity index (χ1) is 12.8. The van der Waals surface area contributed by atoms with Crippen LogP contribution in [0.5, 0.6) is 0 Å². The second-order valence-corrected chi connectivity index (χ2v) is 6.43. The molecule has 2 fully saturated rings. The first-order valence-corrected chi connectivity index (χ1v) is 8.85. The third-order valence-corrected chi connectivity index (χ3v) is 4.70. The molecule has 1 unspecified atom stereocenters. The van der Waals surface area contributed by atoms with Gasteiger partial charge < -0.3 is 19.9 Å². The van der Waals surface area contributed by atoms with E-state index in [1.54, 1.807) is 12.4 Å². The second-order valence-electron chi connectivity index (χ2n) is 6.43. The molecule has 2 saturated heterocycles. The van der Waals surface area contributed by atoms with E-state index in [1.165, 1.54) is 0 Å². The largest absolute Gasteiger partial charge is 0.378 e. The Morgan fingerprint density at radius 2 is 1.96 bits per heavy atom. The molecule has 0 radical (unpaired) electrons. The van der Waals surface area contributed by atoms with E-state index in [2.05, 4.69) is 36.1 Å². The van der Waals surface area contributed by atoms with Crippen molar-refractivity contribution in [2.45, 2.75) is 12.5 Å². The third kappa shape index (κ3) is 3.68. The predicted octanol–water partition coefficient (Wildman–Crippen LogP) is 1.27. The minimum Gasteiger partial charge on any atom is -0.378 e. The zero-order valence-electron chi connectivity index (χ0n) is 14.5. The maximum absolute atomic E-state index is 9.02. The van der Waals surface area contributed by atoms with Crippen LogP contribution in [-0.4, -0.2) is 60.4 Å². The Kier molecular flexibility index (Phi) is 4.80. The molecule has 0 aliphatic carbocycles. The first kappa shape index (κ1) is 16.5. The first-order valence-electron chi connectivity index (χ1n) is 8.85. The van der Waals surface area contributed by atoms with Crippen molar-refractivity contribution in [1.82, 2.24) is 15.0 Å². The van der Waals surface area contributed by atoms with Crippen LogP contribution in [0, 0.1) is 11.3 Å². The normalized spacial score (nSPS) is 20.0. The van der Waals surface area contributed by atoms with Gasteiger partial charge in [-0.2, -0.15) is 10.2 Å². The van der Waals surface area contributed by atoms with Crippen molar-refractivity contribution in [1.29, 1.82) is 5.26 Å². The van der Waals surface area contributed by atoms with Crippen LogP contribution in [0.25, 0.3) is 0 Å². The van der Waals surface area contributed by atoms with Crippen molar-refractivity contribution in [2.75, 3.05) is 54.5 Å². The number of rotatable bonds is 4. The molecule has 8 nitrogen and oxygen atoms in total. The number of nitrogens with zero attached hydrogens (tertiary/aromatic N) is 6. The van der Waals surface area contributed by atoms with Crippen molar-refractivity contribution in [3.8, 4) is 6.07 Å². The molecule has 2 aromatic heterocycles. The van der Waals surface area contributed by atoms with Gasteiger partial charge in [0.1, 0.15) is 17.6 Å². The van der Waals surface area contributed by atoms with Gasteiger partial charge in [-0.25, -0.2) is 9.97 Å². The van der Waals surface area contributed by atoms with Gasteiger partial charge in [0, 0.05) is 50.3 Å². The van der Waals surface area contributed by atoms with Crippen molar-refractivity contribution >= 4 is 17.5 Å². The highest BCUT2D eigenvalue weighted by Crippen LogP contribution is 2.22. The van der Waals surface area contributed by atoms with Crippen molar-refractivity contribution < 1.29 is 4.74 Å². The summed E-state index contributed by atoms with van der Waals surface area (Å²) in [5, 5.41) is 12.5. The Morgan fingerprint density at radius 3 is 2.81 bits per heavy atom. The SMILES string of the molecule is N#Cc1cc(N2CCC(Nc3ccnc(N4CCOCC4)n3)C2)ccn1. The Labute approximate surface area is 152 Å². The highest BCUT2D eigenvalue weighted by atomic mass is 16.5. The lowest BCUT2D eigenvalue weighted by atomic mass is 10.2. The van der Waals surface area contributed by atoms with E-state index in [4.69, 9.17) is 10.00 Å². The van der Waals surface area contributed by atoms with Gasteiger partial charge in [0.2, 0.25) is 5.95 Å². The molecule has 4 heterocycles. The fourth-order valence-corrected chi connectivity index (χ4v) is 3.34. The molecule has 0 saturated carbocycles. The minimum absolute atomic E-state index is 0.307. The minimum atomic E-state index is 0.307. The summed E-state index contributed by atoms with van der Waals surface area (Å²) in [4.78, 5) is 17.5. The number of nitriles is 1. The lowest BCUT2D eigenvalue weighted by molar-refractivity contribution is 0.122. The molecular formula is C18H21N7O. The summed E-state index contributed by atoms with van der Waals surface area (Å²) in [7, 11) is 0. The topological polar surface area (TPSA) is 90.2 Å². The van der Waals surface area contributed by atoms with E-state index in [1.807, 2.05) is 18.2 Å². The van der Waals surface area contributed by atoms with Crippen LogP contribution in [-0.2, 0) is 4.74 Å². The van der Waals surface area contributed by atoms with Gasteiger partial charge in [-0.1, -0.05) is 0 Å². The van der Waals surface area contributed by atoms with Gasteiger partial charge in [0.05, 0.1) is 13.2 Å². The number of aromatic nitrogens is 3. The fraction of sp³-hybridized carbons (Fsp3) is 0.444. The van der Waals surface area contributed by atoms with Gasteiger partial charge in [0.25, 0.3) is 0 Å². The van der Waals surface area contributed by atoms with E-state index in [9.17, 15) is 0 Å². The van der Waals surface area contributed by atoms with Crippen LogP contribution in [0.2, 0.25) is 0 Å². The van der Waals surface area contributed by atoms with Crippen LogP contribution in [0.1, 0.15) is 12.1 Å². The molecule has 0 spiro atoms. The summed E-state index contributed by atoms with van der Waals surface area (Å²) < 4.78 is 5.39. The molecule has 2 aliphatic rings. The number of hydrogen-bond acceptors (Lipinski definition) is 8. The lowest BCUT2D eigenvalue weighted by Gasteiger charge is -2.27. The molecule has 4 rings (SSSR count). The number of anilines is 3. The Hall–Kier alpha value is -2.92. The molecule has 26 heavy (non-hydrogen) atoms. The maximum Gasteiger partial charge on any atom is 0.227 e. The molecule has 1 atom stereocenters. The number of ether oxygens (including phenoxy) is 1. The average molecular weight is 351 g/mol. The molecule has 8 heteroatoms. The molecule has 0 bridgehead atoms. The monoisotopic (exact) mass is 351 g/mol. The highest BCUT2D eigenvalue weighted by Gasteiger charge is 2.23. The quantitative estimate of drug-likeness (QED) is 0.881. The molecule has 2 aromatic rings. The summed E-state index contributed by atoms with van der Waals surface area (Å²) in [6.45, 7) is 4.89. The van der Waals surface area contributed by atoms with E-state index >= 15 is 0 Å². The van der Waals surface area contributed by atoms with Gasteiger partial charge >= 0.3 is 0 Å². The number of morpholine rings is 1. The maximum atomic E-state index is 9.02. The second kappa shape index (κ2) is 7.54. The van der Waals surface area contributed by atoms with Crippen LogP contribution in [0.15, 0.2) is 30.6 Å². The van der Waals surface area contributed by atoms with Crippen LogP contribution in [0.4, 0.5) is 17.5 Å². The van der Waals surface area contributed by atoms with Crippen LogP contribution < -0.4 is 15.1 Å². The number of pyridine rings is 1. The molecule has 0 amide bonds. The average Bonchev–Trinajstić information content (AvgIpc) is 3.17. The van der Waals surface area contributed by atoms with Crippen LogP contribution in [0.3, 0.4) is 0 Å². The summed E-state index contributed by atoms with van der Waals surface area (Å²) in [5.74, 6) is 1.60. The van der Waals surface area contributed by atoms with E-state index in [0.29, 0.717) is 11.7 Å². The van der Waals surface area contributed by atoms with Crippen molar-refractivity contribution in [3.05, 3.63) is 36.3 Å². The molecule has 2 aliphatic heterocycles. The van der Waals surface area contributed by atoms with Crippen molar-refractivity contribution in [2.24, 2.45) is 0 Å². The summed E-state index contributed by atoms with van der Waals surface area (Å²) >= 11 is 0. The highest BCUT2D eigenvalue weighted by molar-refractivity contribution is 5.51. The molecule has 0 aromatic carbocycles. The van der Waals surface area contributed by atoms with Gasteiger partial charge in [-0.05, 0) is 24.6 Å². The molecule has 134 valence electrons. The van der Waals surface area contributed by atoms with Gasteiger partial charge in [0.15, 0.2) is 0 Å². The zero-order valence-corrected chi connectivity index (χ0v) is 14.5. The van der Waals surface area contributed by atoms with Crippen LogP contribution >= 0.6 is 0 Å². The van der Waals surface area contributed by atoms with E-state index in [0.717, 1.165) is 63.3 Å². The summed E-state index contributed by atoms with van der Waals surface area (Å²) in [6.07, 6.45) is 4.50. The van der Waals surface area contributed by atoms with E-state index < -0.39 is 0 Å². The summed E-state index contributed by atoms with van der Waals surface area (Å²) in [5.41, 5.74) is 1.49. The smallest absolute Gasteiger partial charge is 0.227 e. The van der Waals surface area contributed by atoms with Gasteiger partial charge in [-0.15, -0.1) is 0 Å². The predicted molar refractivity (Wildman–Crippen MR) is 98.3 cm³/mol.